The van der Waals surface area contributed by atoms with E-state index in [4.69, 9.17) is 9.53 Å². The van der Waals surface area contributed by atoms with E-state index >= 15 is 0 Å². The lowest BCUT2D eigenvalue weighted by Gasteiger charge is -2.40. The molecular weight excluding hydrogens is 246 g/mol. The molecule has 0 aliphatic carbocycles. The highest BCUT2D eigenvalue weighted by Gasteiger charge is 2.39. The average Bonchev–Trinajstić information content (AvgIpc) is 2.15. The van der Waals surface area contributed by atoms with E-state index in [-0.39, 0.29) is 23.6 Å². The Hall–Kier alpha value is -0.393. The second-order valence-corrected chi connectivity index (χ2v) is 11.2. The van der Waals surface area contributed by atoms with Crippen molar-refractivity contribution in [3.8, 4) is 0 Å². The molecule has 2 atom stereocenters. The zero-order valence-corrected chi connectivity index (χ0v) is 13.8. The minimum absolute atomic E-state index is 0.0373. The van der Waals surface area contributed by atoms with Crippen LogP contribution in [-0.2, 0) is 9.22 Å². The second kappa shape index (κ2) is 6.68. The van der Waals surface area contributed by atoms with Crippen LogP contribution in [0.25, 0.3) is 0 Å². The van der Waals surface area contributed by atoms with Crippen LogP contribution in [0.2, 0.25) is 18.1 Å². The Morgan fingerprint density at radius 3 is 2.22 bits per heavy atom. The van der Waals surface area contributed by atoms with Crippen molar-refractivity contribution in [2.45, 2.75) is 70.8 Å². The van der Waals surface area contributed by atoms with Gasteiger partial charge in [-0.1, -0.05) is 20.8 Å². The molecular formula is C13H29NO3Si. The fourth-order valence-electron chi connectivity index (χ4n) is 1.62. The van der Waals surface area contributed by atoms with Gasteiger partial charge in [-0.3, -0.25) is 4.79 Å². The number of carboxylic acid groups (broad SMARTS) is 1. The van der Waals surface area contributed by atoms with E-state index in [1.54, 1.807) is 0 Å². The van der Waals surface area contributed by atoms with E-state index in [2.05, 4.69) is 39.2 Å². The van der Waals surface area contributed by atoms with Crippen molar-refractivity contribution in [1.29, 1.82) is 0 Å². The van der Waals surface area contributed by atoms with Gasteiger partial charge in [0.2, 0.25) is 0 Å². The lowest BCUT2D eigenvalue weighted by molar-refractivity contribution is -0.137. The molecule has 18 heavy (non-hydrogen) atoms. The Bertz CT molecular complexity index is 274. The van der Waals surface area contributed by atoms with Crippen LogP contribution in [0.1, 0.15) is 40.5 Å². The van der Waals surface area contributed by atoms with Crippen molar-refractivity contribution < 1.29 is 14.3 Å². The third-order valence-electron chi connectivity index (χ3n) is 3.89. The first-order valence-corrected chi connectivity index (χ1v) is 9.49. The zero-order valence-electron chi connectivity index (χ0n) is 12.8. The molecule has 0 amide bonds. The van der Waals surface area contributed by atoms with Crippen LogP contribution in [0, 0.1) is 0 Å². The fraction of sp³-hybridized carbons (Fsp3) is 0.923. The highest BCUT2D eigenvalue weighted by Crippen LogP contribution is 2.37. The predicted octanol–water partition coefficient (Wildman–Crippen LogP) is 2.85. The summed E-state index contributed by atoms with van der Waals surface area (Å²) < 4.78 is 6.27. The number of likely N-dealkylation sites (N-methyl/N-ethyl adjacent to an activating group) is 1. The van der Waals surface area contributed by atoms with Crippen LogP contribution in [0.4, 0.5) is 0 Å². The fourth-order valence-corrected chi connectivity index (χ4v) is 3.06. The van der Waals surface area contributed by atoms with Crippen LogP contribution in [0.5, 0.6) is 0 Å². The van der Waals surface area contributed by atoms with Crippen molar-refractivity contribution in [2.75, 3.05) is 7.05 Å². The molecule has 0 saturated carbocycles. The zero-order chi connectivity index (χ0) is 14.6. The first-order valence-electron chi connectivity index (χ1n) is 6.58. The van der Waals surface area contributed by atoms with Crippen LogP contribution in [0.15, 0.2) is 0 Å². The summed E-state index contributed by atoms with van der Waals surface area (Å²) in [5, 5.41) is 12.1. The second-order valence-electron chi connectivity index (χ2n) is 6.41. The smallest absolute Gasteiger partial charge is 0.303 e. The molecule has 0 heterocycles. The Labute approximate surface area is 112 Å². The molecule has 0 aromatic carbocycles. The van der Waals surface area contributed by atoms with Gasteiger partial charge >= 0.3 is 5.97 Å². The van der Waals surface area contributed by atoms with Crippen molar-refractivity contribution in [3.63, 3.8) is 0 Å². The number of rotatable bonds is 7. The highest BCUT2D eigenvalue weighted by molar-refractivity contribution is 6.74. The molecule has 0 rings (SSSR count). The standard InChI is InChI=1S/C13H29NO3Si/c1-10(11(14-5)8-9-12(15)16)17-18(6,7)13(2,3)4/h10-11,14H,8-9H2,1-7H3,(H,15,16). The first-order chi connectivity index (χ1) is 8.01. The molecule has 4 nitrogen and oxygen atoms in total. The van der Waals surface area contributed by atoms with E-state index in [0.29, 0.717) is 6.42 Å². The summed E-state index contributed by atoms with van der Waals surface area (Å²) in [6.07, 6.45) is 0.813. The Morgan fingerprint density at radius 2 is 1.89 bits per heavy atom. The summed E-state index contributed by atoms with van der Waals surface area (Å²) in [4.78, 5) is 10.6. The molecule has 5 heteroatoms. The molecule has 2 unspecified atom stereocenters. The molecule has 0 saturated heterocycles. The van der Waals surface area contributed by atoms with E-state index in [1.165, 1.54) is 0 Å². The quantitative estimate of drug-likeness (QED) is 0.701. The van der Waals surface area contributed by atoms with Gasteiger partial charge < -0.3 is 14.8 Å². The van der Waals surface area contributed by atoms with E-state index < -0.39 is 14.3 Å². The number of hydrogen-bond donors (Lipinski definition) is 2. The van der Waals surface area contributed by atoms with Gasteiger partial charge in [0.25, 0.3) is 0 Å². The van der Waals surface area contributed by atoms with Crippen molar-refractivity contribution in [1.82, 2.24) is 5.32 Å². The van der Waals surface area contributed by atoms with E-state index in [9.17, 15) is 4.79 Å². The van der Waals surface area contributed by atoms with E-state index in [1.807, 2.05) is 14.0 Å². The summed E-state index contributed by atoms with van der Waals surface area (Å²) in [6.45, 7) is 13.1. The maximum absolute atomic E-state index is 10.6. The van der Waals surface area contributed by atoms with Crippen molar-refractivity contribution >= 4 is 14.3 Å². The van der Waals surface area contributed by atoms with Gasteiger partial charge in [-0.2, -0.15) is 0 Å². The van der Waals surface area contributed by atoms with Gasteiger partial charge in [-0.15, -0.1) is 0 Å². The van der Waals surface area contributed by atoms with Gasteiger partial charge in [0.05, 0.1) is 6.10 Å². The molecule has 2 N–H and O–H groups in total. The predicted molar refractivity (Wildman–Crippen MR) is 77.5 cm³/mol. The normalized spacial score (nSPS) is 16.4. The van der Waals surface area contributed by atoms with Crippen molar-refractivity contribution in [3.05, 3.63) is 0 Å². The summed E-state index contributed by atoms with van der Waals surface area (Å²) in [6, 6.07) is 0.0928. The summed E-state index contributed by atoms with van der Waals surface area (Å²) in [7, 11) is 0.0685. The van der Waals surface area contributed by atoms with Gasteiger partial charge in [-0.25, -0.2) is 0 Å². The number of carbonyl (C=O) groups is 1. The molecule has 0 radical (unpaired) electrons. The monoisotopic (exact) mass is 275 g/mol. The minimum atomic E-state index is -1.79. The van der Waals surface area contributed by atoms with Crippen molar-refractivity contribution in [2.24, 2.45) is 0 Å². The largest absolute Gasteiger partial charge is 0.481 e. The first kappa shape index (κ1) is 17.6. The van der Waals surface area contributed by atoms with Crippen LogP contribution < -0.4 is 5.32 Å². The number of nitrogens with one attached hydrogen (secondary N) is 1. The highest BCUT2D eigenvalue weighted by atomic mass is 28.4. The SMILES string of the molecule is CNC(CCC(=O)O)C(C)O[Si](C)(C)C(C)(C)C. The van der Waals surface area contributed by atoms with Gasteiger partial charge in [0, 0.05) is 12.5 Å². The maximum Gasteiger partial charge on any atom is 0.303 e. The van der Waals surface area contributed by atoms with Crippen LogP contribution in [0.3, 0.4) is 0 Å². The van der Waals surface area contributed by atoms with Gasteiger partial charge in [0.1, 0.15) is 0 Å². The Balaban J connectivity index is 4.52. The summed E-state index contributed by atoms with van der Waals surface area (Å²) in [5.74, 6) is -0.755. The molecule has 0 spiro atoms. The molecule has 0 aromatic rings. The molecule has 0 aliphatic rings. The Kier molecular flexibility index (Phi) is 6.53. The maximum atomic E-state index is 10.6. The summed E-state index contributed by atoms with van der Waals surface area (Å²) in [5.41, 5.74) is 0. The molecule has 0 aromatic heterocycles. The number of aliphatic carboxylic acids is 1. The third-order valence-corrected chi connectivity index (χ3v) is 8.47. The Morgan fingerprint density at radius 1 is 1.39 bits per heavy atom. The molecule has 0 bridgehead atoms. The van der Waals surface area contributed by atoms with Crippen LogP contribution in [-0.4, -0.2) is 38.6 Å². The molecule has 0 fully saturated rings. The minimum Gasteiger partial charge on any atom is -0.481 e. The average molecular weight is 275 g/mol. The molecule has 108 valence electrons. The lowest BCUT2D eigenvalue weighted by atomic mass is 10.1. The van der Waals surface area contributed by atoms with E-state index in [0.717, 1.165) is 0 Å². The molecule has 0 aliphatic heterocycles. The van der Waals surface area contributed by atoms with Crippen LogP contribution >= 0.6 is 0 Å². The lowest BCUT2D eigenvalue weighted by Crippen LogP contribution is -2.49. The third kappa shape index (κ3) is 5.50. The van der Waals surface area contributed by atoms with Gasteiger partial charge in [0.15, 0.2) is 8.32 Å². The topological polar surface area (TPSA) is 58.6 Å². The number of hydrogen-bond acceptors (Lipinski definition) is 3. The number of carboxylic acids is 1. The summed E-state index contributed by atoms with van der Waals surface area (Å²) >= 11 is 0. The van der Waals surface area contributed by atoms with Gasteiger partial charge in [-0.05, 0) is 38.5 Å².